The Bertz CT molecular complexity index is 933. The van der Waals surface area contributed by atoms with Crippen LogP contribution in [0.25, 0.3) is 22.2 Å². The fourth-order valence-electron chi connectivity index (χ4n) is 2.91. The maximum Gasteiger partial charge on any atom is 0.189 e. The number of fused-ring (bicyclic) bond motifs is 1. The summed E-state index contributed by atoms with van der Waals surface area (Å²) in [4.78, 5) is 16.2. The summed E-state index contributed by atoms with van der Waals surface area (Å²) in [6, 6.07) is 7.45. The molecule has 0 saturated heterocycles. The predicted octanol–water partition coefficient (Wildman–Crippen LogP) is 3.92. The Morgan fingerprint density at radius 3 is 2.57 bits per heavy atom. The molecule has 0 fully saturated rings. The highest BCUT2D eigenvalue weighted by Crippen LogP contribution is 2.30. The number of pyridine rings is 2. The minimum absolute atomic E-state index is 0.0544. The van der Waals surface area contributed by atoms with Gasteiger partial charge >= 0.3 is 0 Å². The lowest BCUT2D eigenvalue weighted by atomic mass is 10.0. The zero-order valence-corrected chi connectivity index (χ0v) is 12.9. The molecule has 0 N–H and O–H groups in total. The van der Waals surface area contributed by atoms with E-state index in [0.717, 1.165) is 11.8 Å². The van der Waals surface area contributed by atoms with Crippen LogP contribution in [0.5, 0.6) is 0 Å². The molecular weight excluding hydrogens is 298 g/mol. The van der Waals surface area contributed by atoms with Gasteiger partial charge in [0.1, 0.15) is 5.82 Å². The molecule has 3 aromatic rings. The molecule has 0 atom stereocenters. The highest BCUT2D eigenvalue weighted by Gasteiger charge is 2.20. The summed E-state index contributed by atoms with van der Waals surface area (Å²) in [6.07, 6.45) is 2.07. The van der Waals surface area contributed by atoms with Gasteiger partial charge in [0, 0.05) is 24.5 Å². The van der Waals surface area contributed by atoms with Crippen LogP contribution in [0.4, 0.5) is 8.78 Å². The van der Waals surface area contributed by atoms with E-state index in [-0.39, 0.29) is 27.6 Å². The summed E-state index contributed by atoms with van der Waals surface area (Å²) in [5.41, 5.74) is 0.502. The van der Waals surface area contributed by atoms with Crippen molar-refractivity contribution in [3.8, 4) is 11.3 Å². The van der Waals surface area contributed by atoms with Gasteiger partial charge in [-0.05, 0) is 31.5 Å². The smallest absolute Gasteiger partial charge is 0.189 e. The quantitative estimate of drug-likeness (QED) is 0.734. The van der Waals surface area contributed by atoms with Crippen LogP contribution >= 0.6 is 0 Å². The average Bonchev–Trinajstić information content (AvgIpc) is 2.56. The number of nitrogens with zero attached hydrogens (tertiary/aromatic N) is 2. The van der Waals surface area contributed by atoms with E-state index in [4.69, 9.17) is 0 Å². The van der Waals surface area contributed by atoms with Gasteiger partial charge < -0.3 is 4.57 Å². The Kier molecular flexibility index (Phi) is 3.94. The highest BCUT2D eigenvalue weighted by molar-refractivity contribution is 5.85. The number of benzene rings is 1. The molecule has 2 heterocycles. The first-order chi connectivity index (χ1) is 11.1. The number of hydrogen-bond donors (Lipinski definition) is 0. The second-order valence-electron chi connectivity index (χ2n) is 5.26. The number of rotatable bonds is 3. The summed E-state index contributed by atoms with van der Waals surface area (Å²) in [5, 5.41) is 0.0544. The lowest BCUT2D eigenvalue weighted by molar-refractivity contribution is 0.587. The van der Waals surface area contributed by atoms with Crippen molar-refractivity contribution < 1.29 is 8.78 Å². The Hall–Kier alpha value is -2.56. The third-order valence-corrected chi connectivity index (χ3v) is 3.97. The second-order valence-corrected chi connectivity index (χ2v) is 5.26. The monoisotopic (exact) mass is 314 g/mol. The lowest BCUT2D eigenvalue weighted by Crippen LogP contribution is -2.15. The van der Waals surface area contributed by atoms with Crippen LogP contribution in [0.15, 0.2) is 41.3 Å². The molecule has 3 rings (SSSR count). The van der Waals surface area contributed by atoms with Crippen molar-refractivity contribution in [2.75, 3.05) is 0 Å². The fourth-order valence-corrected chi connectivity index (χ4v) is 2.91. The maximum atomic E-state index is 15.1. The molecule has 118 valence electrons. The van der Waals surface area contributed by atoms with Crippen LogP contribution in [0.3, 0.4) is 0 Å². The van der Waals surface area contributed by atoms with Gasteiger partial charge in [-0.1, -0.05) is 13.0 Å². The molecule has 0 saturated carbocycles. The minimum atomic E-state index is -0.780. The van der Waals surface area contributed by atoms with Gasteiger partial charge in [0.25, 0.3) is 0 Å². The number of hydrogen-bond acceptors (Lipinski definition) is 2. The lowest BCUT2D eigenvalue weighted by Gasteiger charge is -2.16. The van der Waals surface area contributed by atoms with Gasteiger partial charge in [0.2, 0.25) is 0 Å². The van der Waals surface area contributed by atoms with Crippen molar-refractivity contribution in [1.29, 1.82) is 0 Å². The molecule has 0 amide bonds. The zero-order chi connectivity index (χ0) is 16.6. The second kappa shape index (κ2) is 5.91. The van der Waals surface area contributed by atoms with Crippen LogP contribution in [0.2, 0.25) is 0 Å². The number of halogens is 2. The number of aromatic nitrogens is 2. The summed E-state index contributed by atoms with van der Waals surface area (Å²) in [5.74, 6) is -1.52. The minimum Gasteiger partial charge on any atom is -0.342 e. The maximum absolute atomic E-state index is 15.1. The molecule has 1 aromatic carbocycles. The van der Waals surface area contributed by atoms with E-state index in [0.29, 0.717) is 13.0 Å². The van der Waals surface area contributed by atoms with Crippen LogP contribution in [-0.2, 0) is 13.0 Å². The van der Waals surface area contributed by atoms with Crippen molar-refractivity contribution in [3.05, 3.63) is 64.1 Å². The SMILES string of the molecule is CCc1cc(=O)c2cc(F)c(-c3ccccn3)c(F)c2n1CC. The molecule has 0 aliphatic heterocycles. The third-order valence-electron chi connectivity index (χ3n) is 3.97. The summed E-state index contributed by atoms with van der Waals surface area (Å²) in [7, 11) is 0. The largest absolute Gasteiger partial charge is 0.342 e. The van der Waals surface area contributed by atoms with Crippen LogP contribution in [0, 0.1) is 11.6 Å². The van der Waals surface area contributed by atoms with Gasteiger partial charge in [-0.25, -0.2) is 8.78 Å². The number of aryl methyl sites for hydroxylation is 2. The highest BCUT2D eigenvalue weighted by atomic mass is 19.1. The van der Waals surface area contributed by atoms with E-state index >= 15 is 4.39 Å². The van der Waals surface area contributed by atoms with E-state index in [1.807, 2.05) is 13.8 Å². The zero-order valence-electron chi connectivity index (χ0n) is 12.9. The molecule has 0 aliphatic carbocycles. The molecule has 5 heteroatoms. The van der Waals surface area contributed by atoms with Crippen molar-refractivity contribution in [1.82, 2.24) is 9.55 Å². The molecule has 2 aromatic heterocycles. The van der Waals surface area contributed by atoms with E-state index in [9.17, 15) is 9.18 Å². The van der Waals surface area contributed by atoms with Gasteiger partial charge in [0.05, 0.1) is 22.2 Å². The van der Waals surface area contributed by atoms with Crippen molar-refractivity contribution in [3.63, 3.8) is 0 Å². The van der Waals surface area contributed by atoms with E-state index in [1.54, 1.807) is 22.8 Å². The Morgan fingerprint density at radius 2 is 1.96 bits per heavy atom. The van der Waals surface area contributed by atoms with Gasteiger partial charge in [-0.15, -0.1) is 0 Å². The summed E-state index contributed by atoms with van der Waals surface area (Å²) >= 11 is 0. The van der Waals surface area contributed by atoms with Gasteiger partial charge in [-0.2, -0.15) is 0 Å². The molecule has 0 bridgehead atoms. The third kappa shape index (κ3) is 2.42. The molecule has 23 heavy (non-hydrogen) atoms. The fraction of sp³-hybridized carbons (Fsp3) is 0.222. The van der Waals surface area contributed by atoms with Gasteiger partial charge in [-0.3, -0.25) is 9.78 Å². The Balaban J connectivity index is 2.49. The van der Waals surface area contributed by atoms with E-state index in [2.05, 4.69) is 4.98 Å². The molecule has 0 aliphatic rings. The van der Waals surface area contributed by atoms with E-state index < -0.39 is 11.6 Å². The molecule has 0 unspecified atom stereocenters. The van der Waals surface area contributed by atoms with Crippen molar-refractivity contribution in [2.24, 2.45) is 0 Å². The van der Waals surface area contributed by atoms with E-state index in [1.165, 1.54) is 12.3 Å². The first-order valence-corrected chi connectivity index (χ1v) is 7.54. The van der Waals surface area contributed by atoms with Crippen molar-refractivity contribution in [2.45, 2.75) is 26.8 Å². The molecule has 0 spiro atoms. The molecule has 3 nitrogen and oxygen atoms in total. The molecular formula is C18H16F2N2O. The average molecular weight is 314 g/mol. The Labute approximate surface area is 132 Å². The van der Waals surface area contributed by atoms with Crippen LogP contribution in [0.1, 0.15) is 19.5 Å². The van der Waals surface area contributed by atoms with Crippen molar-refractivity contribution >= 4 is 10.9 Å². The normalized spacial score (nSPS) is 11.1. The summed E-state index contributed by atoms with van der Waals surface area (Å²) in [6.45, 7) is 4.25. The first kappa shape index (κ1) is 15.3. The van der Waals surface area contributed by atoms with Crippen LogP contribution in [-0.4, -0.2) is 9.55 Å². The standard InChI is InChI=1S/C18H16F2N2O/c1-3-11-9-15(23)12-10-13(19)16(14-7-5-6-8-21-14)17(20)18(12)22(11)4-2/h5-10H,3-4H2,1-2H3. The van der Waals surface area contributed by atoms with Gasteiger partial charge in [0.15, 0.2) is 11.2 Å². The molecule has 0 radical (unpaired) electrons. The Morgan fingerprint density at radius 1 is 1.17 bits per heavy atom. The first-order valence-electron chi connectivity index (χ1n) is 7.54. The van der Waals surface area contributed by atoms with Crippen LogP contribution < -0.4 is 5.43 Å². The predicted molar refractivity (Wildman–Crippen MR) is 86.4 cm³/mol. The summed E-state index contributed by atoms with van der Waals surface area (Å²) < 4.78 is 31.3. The topological polar surface area (TPSA) is 34.9 Å².